The lowest BCUT2D eigenvalue weighted by Gasteiger charge is -2.10. The second-order valence-corrected chi connectivity index (χ2v) is 6.69. The van der Waals surface area contributed by atoms with Gasteiger partial charge < -0.3 is 14.5 Å². The molecule has 0 spiro atoms. The summed E-state index contributed by atoms with van der Waals surface area (Å²) in [5.41, 5.74) is 5.33. The molecule has 0 fully saturated rings. The van der Waals surface area contributed by atoms with Crippen LogP contribution in [0.5, 0.6) is 5.75 Å². The van der Waals surface area contributed by atoms with E-state index in [9.17, 15) is 14.4 Å². The lowest BCUT2D eigenvalue weighted by atomic mass is 10.2. The van der Waals surface area contributed by atoms with Gasteiger partial charge in [-0.3, -0.25) is 30.6 Å². The minimum atomic E-state index is -0.490. The van der Waals surface area contributed by atoms with Gasteiger partial charge in [-0.2, -0.15) is 0 Å². The van der Waals surface area contributed by atoms with E-state index in [0.29, 0.717) is 23.8 Å². The van der Waals surface area contributed by atoms with Gasteiger partial charge in [-0.15, -0.1) is 0 Å². The van der Waals surface area contributed by atoms with E-state index in [1.54, 1.807) is 43.3 Å². The number of thiocarbonyl (C=S) groups is 1. The Morgan fingerprint density at radius 2 is 1.74 bits per heavy atom. The second kappa shape index (κ2) is 12.1. The number of amides is 3. The number of hydrogen-bond acceptors (Lipinski definition) is 6. The van der Waals surface area contributed by atoms with E-state index in [-0.39, 0.29) is 23.9 Å². The third-order valence-electron chi connectivity index (χ3n) is 3.74. The zero-order chi connectivity index (χ0) is 22.6. The second-order valence-electron chi connectivity index (χ2n) is 6.28. The van der Waals surface area contributed by atoms with Crippen molar-refractivity contribution in [3.63, 3.8) is 0 Å². The molecule has 4 N–H and O–H groups in total. The standard InChI is InChI=1S/C21H24N4O5S/c1-3-29-16-8-5-15(6-9-16)22-18(26)12-13-20(28)24-25-21(31)23-19(27)11-10-17-7-4-14(2)30-17/h4-11H,3,12-13H2,1-2H3,(H,22,26)(H,24,28)(H2,23,25,27,31)/b11-10+. The quantitative estimate of drug-likeness (QED) is 0.280. The molecular weight excluding hydrogens is 420 g/mol. The fourth-order valence-electron chi connectivity index (χ4n) is 2.33. The molecule has 0 bridgehead atoms. The van der Waals surface area contributed by atoms with Crippen molar-refractivity contribution < 1.29 is 23.5 Å². The Labute approximate surface area is 185 Å². The van der Waals surface area contributed by atoms with Gasteiger partial charge >= 0.3 is 0 Å². The fraction of sp³-hybridized carbons (Fsp3) is 0.238. The SMILES string of the molecule is CCOc1ccc(NC(=O)CCC(=O)NNC(=S)NC(=O)/C=C/c2ccc(C)o2)cc1. The molecule has 0 aliphatic heterocycles. The number of furan rings is 1. The minimum Gasteiger partial charge on any atom is -0.494 e. The van der Waals surface area contributed by atoms with E-state index >= 15 is 0 Å². The summed E-state index contributed by atoms with van der Waals surface area (Å²) in [6.07, 6.45) is 2.65. The van der Waals surface area contributed by atoms with Crippen LogP contribution < -0.4 is 26.2 Å². The van der Waals surface area contributed by atoms with Crippen molar-refractivity contribution in [2.24, 2.45) is 0 Å². The Kier molecular flexibility index (Phi) is 9.24. The number of benzene rings is 1. The van der Waals surface area contributed by atoms with Crippen LogP contribution in [0.3, 0.4) is 0 Å². The lowest BCUT2D eigenvalue weighted by molar-refractivity contribution is -0.124. The molecule has 10 heteroatoms. The molecular formula is C21H24N4O5S. The molecule has 0 radical (unpaired) electrons. The maximum absolute atomic E-state index is 12.0. The van der Waals surface area contributed by atoms with Crippen LogP contribution in [0.1, 0.15) is 31.3 Å². The van der Waals surface area contributed by atoms with Crippen LogP contribution in [0.2, 0.25) is 0 Å². The van der Waals surface area contributed by atoms with Crippen LogP contribution in [-0.4, -0.2) is 29.4 Å². The van der Waals surface area contributed by atoms with Gasteiger partial charge in [0.15, 0.2) is 5.11 Å². The molecule has 164 valence electrons. The van der Waals surface area contributed by atoms with Gasteiger partial charge in [-0.25, -0.2) is 0 Å². The Morgan fingerprint density at radius 3 is 2.39 bits per heavy atom. The predicted octanol–water partition coefficient (Wildman–Crippen LogP) is 2.44. The van der Waals surface area contributed by atoms with Crippen molar-refractivity contribution in [3.05, 3.63) is 54.0 Å². The smallest absolute Gasteiger partial charge is 0.250 e. The van der Waals surface area contributed by atoms with Crippen LogP contribution in [0, 0.1) is 6.92 Å². The van der Waals surface area contributed by atoms with Crippen molar-refractivity contribution >= 4 is 46.8 Å². The molecule has 1 heterocycles. The van der Waals surface area contributed by atoms with Gasteiger partial charge in [0.1, 0.15) is 17.3 Å². The summed E-state index contributed by atoms with van der Waals surface area (Å²) in [4.78, 5) is 35.6. The first kappa shape index (κ1) is 23.6. The number of aryl methyl sites for hydroxylation is 1. The molecule has 3 amide bonds. The topological polar surface area (TPSA) is 122 Å². The summed E-state index contributed by atoms with van der Waals surface area (Å²) in [7, 11) is 0. The number of ether oxygens (including phenoxy) is 1. The maximum atomic E-state index is 12.0. The van der Waals surface area contributed by atoms with Crippen LogP contribution in [-0.2, 0) is 14.4 Å². The molecule has 0 unspecified atom stereocenters. The fourth-order valence-corrected chi connectivity index (χ4v) is 2.48. The van der Waals surface area contributed by atoms with Gasteiger partial charge in [0.2, 0.25) is 17.7 Å². The zero-order valence-electron chi connectivity index (χ0n) is 17.2. The van der Waals surface area contributed by atoms with Crippen molar-refractivity contribution in [1.29, 1.82) is 0 Å². The van der Waals surface area contributed by atoms with Crippen molar-refractivity contribution in [2.45, 2.75) is 26.7 Å². The summed E-state index contributed by atoms with van der Waals surface area (Å²) in [6.45, 7) is 4.24. The molecule has 1 aromatic heterocycles. The van der Waals surface area contributed by atoms with E-state index in [1.165, 1.54) is 12.2 Å². The van der Waals surface area contributed by atoms with Gasteiger partial charge in [0.25, 0.3) is 0 Å². The number of carbonyl (C=O) groups excluding carboxylic acids is 3. The van der Waals surface area contributed by atoms with Crippen LogP contribution >= 0.6 is 12.2 Å². The van der Waals surface area contributed by atoms with E-state index in [4.69, 9.17) is 21.4 Å². The maximum Gasteiger partial charge on any atom is 0.250 e. The number of nitrogens with one attached hydrogen (secondary N) is 4. The largest absolute Gasteiger partial charge is 0.494 e. The first-order chi connectivity index (χ1) is 14.9. The monoisotopic (exact) mass is 444 g/mol. The number of rotatable bonds is 8. The molecule has 0 saturated heterocycles. The number of hydrazine groups is 1. The van der Waals surface area contributed by atoms with Crippen molar-refractivity contribution in [3.8, 4) is 5.75 Å². The highest BCUT2D eigenvalue weighted by atomic mass is 32.1. The molecule has 9 nitrogen and oxygen atoms in total. The number of carbonyl (C=O) groups is 3. The summed E-state index contributed by atoms with van der Waals surface area (Å²) in [5, 5.41) is 4.98. The van der Waals surface area contributed by atoms with Gasteiger partial charge in [-0.05, 0) is 68.5 Å². The summed E-state index contributed by atoms with van der Waals surface area (Å²) >= 11 is 4.93. The predicted molar refractivity (Wildman–Crippen MR) is 120 cm³/mol. The Morgan fingerprint density at radius 1 is 1.03 bits per heavy atom. The van der Waals surface area contributed by atoms with Crippen LogP contribution in [0.4, 0.5) is 5.69 Å². The highest BCUT2D eigenvalue weighted by Gasteiger charge is 2.08. The van der Waals surface area contributed by atoms with Crippen molar-refractivity contribution in [1.82, 2.24) is 16.2 Å². The molecule has 0 atom stereocenters. The molecule has 2 rings (SSSR count). The third-order valence-corrected chi connectivity index (χ3v) is 3.94. The first-order valence-corrected chi connectivity index (χ1v) is 9.93. The Balaban J connectivity index is 1.64. The van der Waals surface area contributed by atoms with Crippen LogP contribution in [0.25, 0.3) is 6.08 Å². The molecule has 2 aromatic rings. The molecule has 0 aliphatic carbocycles. The summed E-state index contributed by atoms with van der Waals surface area (Å²) in [5.74, 6) is 0.709. The normalized spacial score (nSPS) is 10.4. The minimum absolute atomic E-state index is 0.0227. The molecule has 0 saturated carbocycles. The third kappa shape index (κ3) is 9.13. The van der Waals surface area contributed by atoms with Gasteiger partial charge in [0.05, 0.1) is 6.61 Å². The average molecular weight is 445 g/mol. The van der Waals surface area contributed by atoms with E-state index in [2.05, 4.69) is 21.5 Å². The number of hydrogen-bond donors (Lipinski definition) is 4. The zero-order valence-corrected chi connectivity index (χ0v) is 18.0. The van der Waals surface area contributed by atoms with E-state index < -0.39 is 11.8 Å². The first-order valence-electron chi connectivity index (χ1n) is 9.52. The summed E-state index contributed by atoms with van der Waals surface area (Å²) in [6, 6.07) is 10.4. The Hall–Kier alpha value is -3.66. The van der Waals surface area contributed by atoms with Crippen molar-refractivity contribution in [2.75, 3.05) is 11.9 Å². The van der Waals surface area contributed by atoms with Gasteiger partial charge in [-0.1, -0.05) is 0 Å². The van der Waals surface area contributed by atoms with Gasteiger partial charge in [0, 0.05) is 24.6 Å². The van der Waals surface area contributed by atoms with E-state index in [0.717, 1.165) is 5.76 Å². The molecule has 31 heavy (non-hydrogen) atoms. The molecule has 1 aromatic carbocycles. The highest BCUT2D eigenvalue weighted by molar-refractivity contribution is 7.80. The number of anilines is 1. The highest BCUT2D eigenvalue weighted by Crippen LogP contribution is 2.15. The Bertz CT molecular complexity index is 953. The van der Waals surface area contributed by atoms with Crippen LogP contribution in [0.15, 0.2) is 46.9 Å². The summed E-state index contributed by atoms with van der Waals surface area (Å²) < 4.78 is 10.6. The van der Waals surface area contributed by atoms with E-state index in [1.807, 2.05) is 6.92 Å². The lowest BCUT2D eigenvalue weighted by Crippen LogP contribution is -2.48. The molecule has 0 aliphatic rings. The average Bonchev–Trinajstić information content (AvgIpc) is 3.16.